The van der Waals surface area contributed by atoms with Crippen LogP contribution in [0, 0.1) is 10.1 Å². The first-order valence-corrected chi connectivity index (χ1v) is 4.60. The molecule has 0 atom stereocenters. The number of rotatable bonds is 3. The highest BCUT2D eigenvalue weighted by Crippen LogP contribution is 2.34. The van der Waals surface area contributed by atoms with Gasteiger partial charge in [-0.3, -0.25) is 14.9 Å². The van der Waals surface area contributed by atoms with Gasteiger partial charge in [-0.15, -0.1) is 0 Å². The fourth-order valence-corrected chi connectivity index (χ4v) is 1.34. The fraction of sp³-hybridized carbons (Fsp3) is 0.111. The average molecular weight is 260 g/mol. The third kappa shape index (κ3) is 2.91. The van der Waals surface area contributed by atoms with E-state index >= 15 is 0 Å². The van der Waals surface area contributed by atoms with Gasteiger partial charge in [0.1, 0.15) is 5.56 Å². The van der Waals surface area contributed by atoms with E-state index in [4.69, 9.17) is 16.7 Å². The lowest BCUT2D eigenvalue weighted by Crippen LogP contribution is -2.09. The van der Waals surface area contributed by atoms with E-state index in [-0.39, 0.29) is 5.02 Å². The number of carbonyl (C=O) groups excluding carboxylic acids is 1. The second-order valence-corrected chi connectivity index (χ2v) is 3.39. The number of nitro groups is 1. The standard InChI is InChI=1S/C9H6ClNO6/c1-4(12)17-8-6(9(13)14)2-5(10)3-7(8)11(15)16/h2-3H,1H3,(H,13,14). The highest BCUT2D eigenvalue weighted by atomic mass is 35.5. The maximum absolute atomic E-state index is 10.9. The number of benzene rings is 1. The number of ether oxygens (including phenoxy) is 1. The van der Waals surface area contributed by atoms with Crippen molar-refractivity contribution < 1.29 is 24.4 Å². The molecule has 0 spiro atoms. The summed E-state index contributed by atoms with van der Waals surface area (Å²) in [5, 5.41) is 19.4. The molecule has 0 aromatic heterocycles. The molecule has 8 heteroatoms. The topological polar surface area (TPSA) is 107 Å². The maximum Gasteiger partial charge on any atom is 0.339 e. The summed E-state index contributed by atoms with van der Waals surface area (Å²) in [7, 11) is 0. The molecular weight excluding hydrogens is 254 g/mol. The number of hydrogen-bond donors (Lipinski definition) is 1. The van der Waals surface area contributed by atoms with E-state index in [9.17, 15) is 19.7 Å². The number of esters is 1. The van der Waals surface area contributed by atoms with Crippen molar-refractivity contribution in [3.63, 3.8) is 0 Å². The van der Waals surface area contributed by atoms with E-state index in [1.807, 2.05) is 0 Å². The summed E-state index contributed by atoms with van der Waals surface area (Å²) in [5.41, 5.74) is -1.22. The first kappa shape index (κ1) is 12.9. The van der Waals surface area contributed by atoms with Crippen LogP contribution >= 0.6 is 11.6 Å². The number of nitro benzene ring substituents is 1. The minimum Gasteiger partial charge on any atom is -0.478 e. The second-order valence-electron chi connectivity index (χ2n) is 2.96. The summed E-state index contributed by atoms with van der Waals surface area (Å²) in [5.74, 6) is -2.97. The first-order chi connectivity index (χ1) is 7.82. The molecule has 0 heterocycles. The number of hydrogen-bond acceptors (Lipinski definition) is 5. The van der Waals surface area contributed by atoms with Gasteiger partial charge in [0.05, 0.1) is 4.92 Å². The summed E-state index contributed by atoms with van der Waals surface area (Å²) >= 11 is 5.54. The highest BCUT2D eigenvalue weighted by Gasteiger charge is 2.26. The van der Waals surface area contributed by atoms with Crippen LogP contribution in [0.1, 0.15) is 17.3 Å². The van der Waals surface area contributed by atoms with Crippen LogP contribution in [0.5, 0.6) is 5.75 Å². The monoisotopic (exact) mass is 259 g/mol. The summed E-state index contributed by atoms with van der Waals surface area (Å²) in [4.78, 5) is 31.4. The van der Waals surface area contributed by atoms with Gasteiger partial charge in [0.15, 0.2) is 0 Å². The van der Waals surface area contributed by atoms with Crippen LogP contribution in [0.2, 0.25) is 5.02 Å². The molecule has 0 saturated carbocycles. The molecule has 0 aliphatic heterocycles. The summed E-state index contributed by atoms with van der Waals surface area (Å²) < 4.78 is 4.53. The minimum atomic E-state index is -1.48. The van der Waals surface area contributed by atoms with E-state index in [0.29, 0.717) is 0 Å². The molecule has 1 aromatic rings. The van der Waals surface area contributed by atoms with E-state index in [1.54, 1.807) is 0 Å². The third-order valence-corrected chi connectivity index (χ3v) is 1.93. The zero-order valence-electron chi connectivity index (χ0n) is 8.47. The van der Waals surface area contributed by atoms with E-state index in [0.717, 1.165) is 19.1 Å². The van der Waals surface area contributed by atoms with Crippen molar-refractivity contribution in [3.8, 4) is 5.75 Å². The molecule has 0 fully saturated rings. The number of nitrogens with zero attached hydrogens (tertiary/aromatic N) is 1. The number of carboxylic acid groups (broad SMARTS) is 1. The van der Waals surface area contributed by atoms with Gasteiger partial charge in [-0.05, 0) is 6.07 Å². The lowest BCUT2D eigenvalue weighted by atomic mass is 10.1. The summed E-state index contributed by atoms with van der Waals surface area (Å²) in [6.45, 7) is 1.00. The van der Waals surface area contributed by atoms with Crippen molar-refractivity contribution in [1.29, 1.82) is 0 Å². The molecular formula is C9H6ClNO6. The van der Waals surface area contributed by atoms with Crippen LogP contribution in [0.4, 0.5) is 5.69 Å². The summed E-state index contributed by atoms with van der Waals surface area (Å²) in [6, 6.07) is 1.88. The largest absolute Gasteiger partial charge is 0.478 e. The molecule has 17 heavy (non-hydrogen) atoms. The van der Waals surface area contributed by atoms with Crippen molar-refractivity contribution in [2.75, 3.05) is 0 Å². The zero-order chi connectivity index (χ0) is 13.2. The average Bonchev–Trinajstić information content (AvgIpc) is 2.18. The Morgan fingerprint density at radius 2 is 2.06 bits per heavy atom. The Morgan fingerprint density at radius 3 is 2.47 bits per heavy atom. The van der Waals surface area contributed by atoms with Crippen LogP contribution in [-0.2, 0) is 4.79 Å². The summed E-state index contributed by atoms with van der Waals surface area (Å²) in [6.07, 6.45) is 0. The van der Waals surface area contributed by atoms with Crippen molar-refractivity contribution >= 4 is 29.2 Å². The Labute approximate surface area is 99.7 Å². The van der Waals surface area contributed by atoms with E-state index in [1.165, 1.54) is 0 Å². The second kappa shape index (κ2) is 4.79. The van der Waals surface area contributed by atoms with Crippen molar-refractivity contribution in [1.82, 2.24) is 0 Å². The van der Waals surface area contributed by atoms with Crippen LogP contribution in [0.3, 0.4) is 0 Å². The molecule has 0 radical (unpaired) electrons. The van der Waals surface area contributed by atoms with Crippen LogP contribution < -0.4 is 4.74 Å². The Bertz CT molecular complexity index is 477. The molecule has 90 valence electrons. The van der Waals surface area contributed by atoms with Crippen molar-refractivity contribution in [2.24, 2.45) is 0 Å². The molecule has 0 amide bonds. The SMILES string of the molecule is CC(=O)Oc1c(C(=O)O)cc(Cl)cc1[N+](=O)[O-]. The maximum atomic E-state index is 10.9. The quantitative estimate of drug-likeness (QED) is 0.384. The van der Waals surface area contributed by atoms with E-state index in [2.05, 4.69) is 4.74 Å². The van der Waals surface area contributed by atoms with Crippen LogP contribution in [0.15, 0.2) is 12.1 Å². The van der Waals surface area contributed by atoms with Crippen LogP contribution in [0.25, 0.3) is 0 Å². The molecule has 0 saturated heterocycles. The van der Waals surface area contributed by atoms with Crippen LogP contribution in [-0.4, -0.2) is 22.0 Å². The zero-order valence-corrected chi connectivity index (χ0v) is 9.22. The Hall–Kier alpha value is -2.15. The Balaban J connectivity index is 3.52. The van der Waals surface area contributed by atoms with Gasteiger partial charge in [0.25, 0.3) is 0 Å². The molecule has 0 aliphatic carbocycles. The first-order valence-electron chi connectivity index (χ1n) is 4.22. The van der Waals surface area contributed by atoms with Gasteiger partial charge in [-0.2, -0.15) is 0 Å². The van der Waals surface area contributed by atoms with Gasteiger partial charge in [-0.25, -0.2) is 4.79 Å². The Kier molecular flexibility index (Phi) is 3.64. The Morgan fingerprint density at radius 1 is 1.47 bits per heavy atom. The number of halogens is 1. The normalized spacial score (nSPS) is 9.76. The number of carboxylic acids is 1. The lowest BCUT2D eigenvalue weighted by Gasteiger charge is -2.06. The molecule has 0 aliphatic rings. The molecule has 0 bridgehead atoms. The van der Waals surface area contributed by atoms with Crippen molar-refractivity contribution in [2.45, 2.75) is 6.92 Å². The fourth-order valence-electron chi connectivity index (χ4n) is 1.12. The smallest absolute Gasteiger partial charge is 0.339 e. The van der Waals surface area contributed by atoms with Gasteiger partial charge in [0, 0.05) is 18.0 Å². The van der Waals surface area contributed by atoms with Gasteiger partial charge < -0.3 is 9.84 Å². The molecule has 0 unspecified atom stereocenters. The molecule has 1 N–H and O–H groups in total. The predicted molar refractivity (Wildman–Crippen MR) is 56.4 cm³/mol. The number of carbonyl (C=O) groups is 2. The molecule has 1 aromatic carbocycles. The third-order valence-electron chi connectivity index (χ3n) is 1.71. The molecule has 7 nitrogen and oxygen atoms in total. The molecule has 1 rings (SSSR count). The van der Waals surface area contributed by atoms with E-state index < -0.39 is 33.9 Å². The van der Waals surface area contributed by atoms with Crippen molar-refractivity contribution in [3.05, 3.63) is 32.8 Å². The predicted octanol–water partition coefficient (Wildman–Crippen LogP) is 1.87. The minimum absolute atomic E-state index is 0.134. The van der Waals surface area contributed by atoms with Gasteiger partial charge in [-0.1, -0.05) is 11.6 Å². The number of aromatic carboxylic acids is 1. The van der Waals surface area contributed by atoms with Gasteiger partial charge in [0.2, 0.25) is 5.75 Å². The lowest BCUT2D eigenvalue weighted by molar-refractivity contribution is -0.385. The van der Waals surface area contributed by atoms with Gasteiger partial charge >= 0.3 is 17.6 Å². The highest BCUT2D eigenvalue weighted by molar-refractivity contribution is 6.31.